The molecule has 0 heterocycles. The SMILES string of the molecule is CCCCN(CCC#N)CC(C)C. The molecule has 0 spiro atoms. The second-order valence-electron chi connectivity index (χ2n) is 3.96. The average Bonchev–Trinajstić information content (AvgIpc) is 2.09. The third-order valence-corrected chi connectivity index (χ3v) is 1.99. The molecule has 0 aliphatic heterocycles. The summed E-state index contributed by atoms with van der Waals surface area (Å²) in [6.45, 7) is 9.88. The number of nitrogens with zero attached hydrogens (tertiary/aromatic N) is 2. The lowest BCUT2D eigenvalue weighted by molar-refractivity contribution is 0.246. The van der Waals surface area contributed by atoms with E-state index in [4.69, 9.17) is 5.26 Å². The Morgan fingerprint density at radius 3 is 2.46 bits per heavy atom. The van der Waals surface area contributed by atoms with Gasteiger partial charge in [0, 0.05) is 19.5 Å². The first kappa shape index (κ1) is 12.4. The Morgan fingerprint density at radius 2 is 2.00 bits per heavy atom. The van der Waals surface area contributed by atoms with Crippen LogP contribution in [-0.2, 0) is 0 Å². The van der Waals surface area contributed by atoms with E-state index in [1.807, 2.05) is 0 Å². The van der Waals surface area contributed by atoms with Gasteiger partial charge in [-0.1, -0.05) is 27.2 Å². The van der Waals surface area contributed by atoms with Crippen LogP contribution in [0.5, 0.6) is 0 Å². The van der Waals surface area contributed by atoms with E-state index in [0.29, 0.717) is 12.3 Å². The minimum Gasteiger partial charge on any atom is -0.302 e. The number of rotatable bonds is 7. The molecule has 13 heavy (non-hydrogen) atoms. The molecule has 76 valence electrons. The van der Waals surface area contributed by atoms with Crippen LogP contribution in [0.2, 0.25) is 0 Å². The van der Waals surface area contributed by atoms with E-state index in [1.165, 1.54) is 12.8 Å². The van der Waals surface area contributed by atoms with Gasteiger partial charge in [-0.2, -0.15) is 5.26 Å². The highest BCUT2D eigenvalue weighted by atomic mass is 15.1. The molecule has 0 saturated carbocycles. The third kappa shape index (κ3) is 7.80. The highest BCUT2D eigenvalue weighted by molar-refractivity contribution is 4.72. The third-order valence-electron chi connectivity index (χ3n) is 1.99. The molecule has 0 N–H and O–H groups in total. The van der Waals surface area contributed by atoms with E-state index in [9.17, 15) is 0 Å². The average molecular weight is 182 g/mol. The summed E-state index contributed by atoms with van der Waals surface area (Å²) in [6, 6.07) is 2.21. The van der Waals surface area contributed by atoms with Gasteiger partial charge < -0.3 is 4.90 Å². The fourth-order valence-corrected chi connectivity index (χ4v) is 1.40. The molecule has 0 radical (unpaired) electrons. The summed E-state index contributed by atoms with van der Waals surface area (Å²) in [5.41, 5.74) is 0. The van der Waals surface area contributed by atoms with E-state index in [1.54, 1.807) is 0 Å². The Balaban J connectivity index is 3.67. The Kier molecular flexibility index (Phi) is 7.73. The molecule has 2 heteroatoms. The monoisotopic (exact) mass is 182 g/mol. The summed E-state index contributed by atoms with van der Waals surface area (Å²) in [5.74, 6) is 0.704. The quantitative estimate of drug-likeness (QED) is 0.605. The van der Waals surface area contributed by atoms with Crippen molar-refractivity contribution in [2.45, 2.75) is 40.0 Å². The standard InChI is InChI=1S/C11H22N2/c1-4-5-8-13(9-6-7-12)10-11(2)3/h11H,4-6,8-10H2,1-3H3. The van der Waals surface area contributed by atoms with E-state index in [0.717, 1.165) is 19.6 Å². The van der Waals surface area contributed by atoms with Crippen LogP contribution in [-0.4, -0.2) is 24.5 Å². The Bertz CT molecular complexity index is 147. The van der Waals surface area contributed by atoms with Crippen LogP contribution in [0.25, 0.3) is 0 Å². The molecular formula is C11H22N2. The molecule has 0 aliphatic rings. The number of unbranched alkanes of at least 4 members (excludes halogenated alkanes) is 1. The normalized spacial score (nSPS) is 10.8. The first-order valence-electron chi connectivity index (χ1n) is 5.30. The lowest BCUT2D eigenvalue weighted by Crippen LogP contribution is -2.29. The van der Waals surface area contributed by atoms with Crippen molar-refractivity contribution in [3.8, 4) is 6.07 Å². The number of hydrogen-bond donors (Lipinski definition) is 0. The maximum atomic E-state index is 8.50. The highest BCUT2D eigenvalue weighted by Crippen LogP contribution is 2.02. The van der Waals surface area contributed by atoms with E-state index >= 15 is 0 Å². The molecule has 0 amide bonds. The predicted molar refractivity (Wildman–Crippen MR) is 56.4 cm³/mol. The first-order chi connectivity index (χ1) is 6.20. The summed E-state index contributed by atoms with van der Waals surface area (Å²) >= 11 is 0. The lowest BCUT2D eigenvalue weighted by atomic mass is 10.2. The zero-order valence-electron chi connectivity index (χ0n) is 9.21. The van der Waals surface area contributed by atoms with Crippen LogP contribution < -0.4 is 0 Å². The minimum atomic E-state index is 0.663. The van der Waals surface area contributed by atoms with Gasteiger partial charge in [-0.25, -0.2) is 0 Å². The largest absolute Gasteiger partial charge is 0.302 e. The first-order valence-corrected chi connectivity index (χ1v) is 5.30. The van der Waals surface area contributed by atoms with Gasteiger partial charge in [0.2, 0.25) is 0 Å². The number of nitriles is 1. The van der Waals surface area contributed by atoms with E-state index in [-0.39, 0.29) is 0 Å². The maximum Gasteiger partial charge on any atom is 0.0635 e. The fraction of sp³-hybridized carbons (Fsp3) is 0.909. The summed E-state index contributed by atoms with van der Waals surface area (Å²) < 4.78 is 0. The molecule has 0 aromatic heterocycles. The molecule has 0 aromatic carbocycles. The van der Waals surface area contributed by atoms with Crippen molar-refractivity contribution in [3.63, 3.8) is 0 Å². The molecule has 0 unspecified atom stereocenters. The molecule has 0 rings (SSSR count). The topological polar surface area (TPSA) is 27.0 Å². The van der Waals surface area contributed by atoms with E-state index < -0.39 is 0 Å². The van der Waals surface area contributed by atoms with Gasteiger partial charge in [0.05, 0.1) is 6.07 Å². The van der Waals surface area contributed by atoms with Gasteiger partial charge in [-0.15, -0.1) is 0 Å². The second kappa shape index (κ2) is 8.07. The van der Waals surface area contributed by atoms with Crippen molar-refractivity contribution < 1.29 is 0 Å². The van der Waals surface area contributed by atoms with Crippen LogP contribution >= 0.6 is 0 Å². The Morgan fingerprint density at radius 1 is 1.31 bits per heavy atom. The van der Waals surface area contributed by atoms with Gasteiger partial charge in [0.1, 0.15) is 0 Å². The van der Waals surface area contributed by atoms with Crippen molar-refractivity contribution in [1.29, 1.82) is 5.26 Å². The van der Waals surface area contributed by atoms with Crippen molar-refractivity contribution in [3.05, 3.63) is 0 Å². The molecule has 0 aromatic rings. The molecule has 0 atom stereocenters. The molecule has 0 bridgehead atoms. The minimum absolute atomic E-state index is 0.663. The highest BCUT2D eigenvalue weighted by Gasteiger charge is 2.05. The zero-order valence-corrected chi connectivity index (χ0v) is 9.21. The summed E-state index contributed by atoms with van der Waals surface area (Å²) in [6.07, 6.45) is 3.15. The predicted octanol–water partition coefficient (Wildman–Crippen LogP) is 2.66. The summed E-state index contributed by atoms with van der Waals surface area (Å²) in [5, 5.41) is 8.50. The van der Waals surface area contributed by atoms with Crippen LogP contribution in [0.1, 0.15) is 40.0 Å². The van der Waals surface area contributed by atoms with Crippen LogP contribution in [0.15, 0.2) is 0 Å². The number of hydrogen-bond acceptors (Lipinski definition) is 2. The molecule has 2 nitrogen and oxygen atoms in total. The van der Waals surface area contributed by atoms with Crippen LogP contribution in [0.4, 0.5) is 0 Å². The van der Waals surface area contributed by atoms with Gasteiger partial charge >= 0.3 is 0 Å². The van der Waals surface area contributed by atoms with Gasteiger partial charge in [-0.3, -0.25) is 0 Å². The van der Waals surface area contributed by atoms with Crippen molar-refractivity contribution in [2.24, 2.45) is 5.92 Å². The van der Waals surface area contributed by atoms with E-state index in [2.05, 4.69) is 31.7 Å². The fourth-order valence-electron chi connectivity index (χ4n) is 1.40. The van der Waals surface area contributed by atoms with Crippen molar-refractivity contribution >= 4 is 0 Å². The van der Waals surface area contributed by atoms with Crippen LogP contribution in [0, 0.1) is 17.2 Å². The van der Waals surface area contributed by atoms with Gasteiger partial charge in [-0.05, 0) is 18.9 Å². The van der Waals surface area contributed by atoms with Crippen molar-refractivity contribution in [2.75, 3.05) is 19.6 Å². The second-order valence-corrected chi connectivity index (χ2v) is 3.96. The molecule has 0 saturated heterocycles. The Labute approximate surface area is 82.5 Å². The molecule has 0 aliphatic carbocycles. The summed E-state index contributed by atoms with van der Waals surface area (Å²) in [4.78, 5) is 2.40. The zero-order chi connectivity index (χ0) is 10.1. The van der Waals surface area contributed by atoms with Crippen LogP contribution in [0.3, 0.4) is 0 Å². The smallest absolute Gasteiger partial charge is 0.0635 e. The maximum absolute atomic E-state index is 8.50. The lowest BCUT2D eigenvalue weighted by Gasteiger charge is -2.22. The molecular weight excluding hydrogens is 160 g/mol. The summed E-state index contributed by atoms with van der Waals surface area (Å²) in [7, 11) is 0. The van der Waals surface area contributed by atoms with Gasteiger partial charge in [0.25, 0.3) is 0 Å². The Hall–Kier alpha value is -0.550. The van der Waals surface area contributed by atoms with Crippen molar-refractivity contribution in [1.82, 2.24) is 4.90 Å². The van der Waals surface area contributed by atoms with Gasteiger partial charge in [0.15, 0.2) is 0 Å². The molecule has 0 fully saturated rings.